The van der Waals surface area contributed by atoms with Gasteiger partial charge in [-0.3, -0.25) is 0 Å². The van der Waals surface area contributed by atoms with E-state index in [9.17, 15) is 14.7 Å². The van der Waals surface area contributed by atoms with E-state index in [1.54, 1.807) is 13.0 Å². The van der Waals surface area contributed by atoms with Crippen LogP contribution in [0, 0.1) is 13.8 Å². The Morgan fingerprint density at radius 3 is 2.71 bits per heavy atom. The zero-order chi connectivity index (χ0) is 15.7. The Morgan fingerprint density at radius 1 is 1.48 bits per heavy atom. The average molecular weight is 294 g/mol. The first-order chi connectivity index (χ1) is 9.92. The number of esters is 2. The molecular formula is C15H18O6. The number of carbonyl (C=O) groups excluding carboxylic acids is 2. The predicted molar refractivity (Wildman–Crippen MR) is 73.3 cm³/mol. The molecule has 6 nitrogen and oxygen atoms in total. The quantitative estimate of drug-likeness (QED) is 0.846. The summed E-state index contributed by atoms with van der Waals surface area (Å²) in [5.41, 5.74) is 2.40. The summed E-state index contributed by atoms with van der Waals surface area (Å²) in [4.78, 5) is 23.7. The lowest BCUT2D eigenvalue weighted by molar-refractivity contribution is -0.159. The molecule has 0 fully saturated rings. The minimum atomic E-state index is -1.55. The normalized spacial score (nSPS) is 18.0. The Kier molecular flexibility index (Phi) is 4.18. The summed E-state index contributed by atoms with van der Waals surface area (Å²) in [5, 5.41) is 10.0. The van der Waals surface area contributed by atoms with Crippen LogP contribution >= 0.6 is 0 Å². The molecule has 0 spiro atoms. The summed E-state index contributed by atoms with van der Waals surface area (Å²) < 4.78 is 15.2. The first-order valence-corrected chi connectivity index (χ1v) is 6.66. The zero-order valence-corrected chi connectivity index (χ0v) is 12.4. The molecule has 1 heterocycles. The van der Waals surface area contributed by atoms with Crippen LogP contribution in [0.15, 0.2) is 6.07 Å². The highest BCUT2D eigenvalue weighted by Gasteiger charge is 2.42. The Hall–Kier alpha value is -2.08. The van der Waals surface area contributed by atoms with Gasteiger partial charge in [0.05, 0.1) is 13.7 Å². The van der Waals surface area contributed by atoms with Crippen molar-refractivity contribution in [3.05, 3.63) is 28.3 Å². The van der Waals surface area contributed by atoms with Gasteiger partial charge in [-0.25, -0.2) is 9.59 Å². The van der Waals surface area contributed by atoms with Crippen molar-refractivity contribution in [3.8, 4) is 5.75 Å². The number of aryl methyl sites for hydroxylation is 1. The summed E-state index contributed by atoms with van der Waals surface area (Å²) in [6.07, 6.45) is -2.62. The van der Waals surface area contributed by atoms with Crippen molar-refractivity contribution in [2.45, 2.75) is 33.0 Å². The van der Waals surface area contributed by atoms with E-state index >= 15 is 0 Å². The molecule has 0 unspecified atom stereocenters. The fourth-order valence-electron chi connectivity index (χ4n) is 2.42. The van der Waals surface area contributed by atoms with Crippen LogP contribution in [-0.2, 0) is 14.3 Å². The largest absolute Gasteiger partial charge is 0.496 e. The molecule has 2 atom stereocenters. The molecule has 0 saturated carbocycles. The van der Waals surface area contributed by atoms with Crippen LogP contribution in [0.2, 0.25) is 0 Å². The van der Waals surface area contributed by atoms with Crippen molar-refractivity contribution in [1.29, 1.82) is 0 Å². The van der Waals surface area contributed by atoms with Crippen molar-refractivity contribution in [2.75, 3.05) is 13.7 Å². The van der Waals surface area contributed by atoms with E-state index in [1.165, 1.54) is 7.11 Å². The summed E-state index contributed by atoms with van der Waals surface area (Å²) in [6.45, 7) is 5.46. The van der Waals surface area contributed by atoms with E-state index < -0.39 is 24.1 Å². The molecule has 0 aromatic heterocycles. The molecule has 0 saturated heterocycles. The second kappa shape index (κ2) is 5.73. The molecule has 0 radical (unpaired) electrons. The zero-order valence-electron chi connectivity index (χ0n) is 12.4. The summed E-state index contributed by atoms with van der Waals surface area (Å²) in [6, 6.07) is 1.73. The van der Waals surface area contributed by atoms with Crippen LogP contribution in [0.1, 0.15) is 40.1 Å². The van der Waals surface area contributed by atoms with Crippen molar-refractivity contribution < 1.29 is 28.9 Å². The van der Waals surface area contributed by atoms with Crippen LogP contribution < -0.4 is 4.74 Å². The van der Waals surface area contributed by atoms with Crippen LogP contribution in [-0.4, -0.2) is 36.9 Å². The van der Waals surface area contributed by atoms with E-state index in [2.05, 4.69) is 0 Å². The molecule has 6 heteroatoms. The van der Waals surface area contributed by atoms with Gasteiger partial charge in [0, 0.05) is 5.56 Å². The van der Waals surface area contributed by atoms with E-state index in [4.69, 9.17) is 14.2 Å². The van der Waals surface area contributed by atoms with Gasteiger partial charge < -0.3 is 19.3 Å². The molecule has 1 aliphatic heterocycles. The second-order valence-corrected chi connectivity index (χ2v) is 4.84. The molecule has 2 rings (SSSR count). The number of aliphatic hydroxyl groups excluding tert-OH is 1. The van der Waals surface area contributed by atoms with Gasteiger partial charge in [0.25, 0.3) is 0 Å². The number of ether oxygens (including phenoxy) is 3. The topological polar surface area (TPSA) is 82.1 Å². The predicted octanol–water partition coefficient (Wildman–Crippen LogP) is 1.45. The SMILES string of the molecule is CCOC(=O)[C@@H](O)[C@@H]1OC(=O)c2c1cc(C)c(C)c2OC. The molecule has 1 N–H and O–H groups in total. The van der Waals surface area contributed by atoms with E-state index in [0.717, 1.165) is 11.1 Å². The van der Waals surface area contributed by atoms with Gasteiger partial charge in [-0.05, 0) is 31.9 Å². The molecule has 1 aromatic carbocycles. The third-order valence-electron chi connectivity index (χ3n) is 3.58. The number of fused-ring (bicyclic) bond motifs is 1. The summed E-state index contributed by atoms with van der Waals surface area (Å²) in [5.74, 6) is -1.02. The van der Waals surface area contributed by atoms with E-state index in [0.29, 0.717) is 11.3 Å². The minimum Gasteiger partial charge on any atom is -0.496 e. The lowest BCUT2D eigenvalue weighted by atomic mass is 9.95. The van der Waals surface area contributed by atoms with Gasteiger partial charge in [-0.15, -0.1) is 0 Å². The Morgan fingerprint density at radius 2 is 2.14 bits per heavy atom. The standard InChI is InChI=1S/C15H18O6/c1-5-20-15(18)11(16)13-9-6-7(2)8(3)12(19-4)10(9)14(17)21-13/h6,11,13,16H,5H2,1-4H3/t11-,13+/m0/s1. The first-order valence-electron chi connectivity index (χ1n) is 6.66. The lowest BCUT2D eigenvalue weighted by Crippen LogP contribution is -2.30. The van der Waals surface area contributed by atoms with E-state index in [1.807, 2.05) is 13.8 Å². The maximum atomic E-state index is 12.0. The van der Waals surface area contributed by atoms with Crippen LogP contribution in [0.4, 0.5) is 0 Å². The van der Waals surface area contributed by atoms with Gasteiger partial charge >= 0.3 is 11.9 Å². The molecule has 0 aliphatic carbocycles. The van der Waals surface area contributed by atoms with Gasteiger partial charge in [-0.1, -0.05) is 6.07 Å². The minimum absolute atomic E-state index is 0.139. The monoisotopic (exact) mass is 294 g/mol. The number of methoxy groups -OCH3 is 1. The fraction of sp³-hybridized carbons (Fsp3) is 0.467. The van der Waals surface area contributed by atoms with Crippen LogP contribution in [0.3, 0.4) is 0 Å². The summed E-state index contributed by atoms with van der Waals surface area (Å²) >= 11 is 0. The highest BCUT2D eigenvalue weighted by Crippen LogP contribution is 2.41. The Labute approximate surface area is 122 Å². The molecule has 0 bridgehead atoms. The van der Waals surface area contributed by atoms with Gasteiger partial charge in [-0.2, -0.15) is 0 Å². The average Bonchev–Trinajstić information content (AvgIpc) is 2.77. The van der Waals surface area contributed by atoms with Gasteiger partial charge in [0.15, 0.2) is 12.2 Å². The number of hydrogen-bond acceptors (Lipinski definition) is 6. The van der Waals surface area contributed by atoms with E-state index in [-0.39, 0.29) is 12.2 Å². The van der Waals surface area contributed by atoms with Crippen LogP contribution in [0.5, 0.6) is 5.75 Å². The fourth-order valence-corrected chi connectivity index (χ4v) is 2.42. The highest BCUT2D eigenvalue weighted by atomic mass is 16.6. The first kappa shape index (κ1) is 15.3. The van der Waals surface area contributed by atoms with Crippen molar-refractivity contribution in [2.24, 2.45) is 0 Å². The second-order valence-electron chi connectivity index (χ2n) is 4.84. The molecule has 1 aromatic rings. The number of hydrogen-bond donors (Lipinski definition) is 1. The molecule has 114 valence electrons. The number of carbonyl (C=O) groups is 2. The smallest absolute Gasteiger partial charge is 0.343 e. The highest BCUT2D eigenvalue weighted by molar-refractivity contribution is 5.98. The van der Waals surface area contributed by atoms with Gasteiger partial charge in [0.2, 0.25) is 0 Å². The maximum absolute atomic E-state index is 12.0. The third kappa shape index (κ3) is 2.47. The number of cyclic esters (lactones) is 1. The Bertz CT molecular complexity index is 592. The number of benzene rings is 1. The third-order valence-corrected chi connectivity index (χ3v) is 3.58. The summed E-state index contributed by atoms with van der Waals surface area (Å²) in [7, 11) is 1.46. The van der Waals surface area contributed by atoms with Crippen molar-refractivity contribution >= 4 is 11.9 Å². The lowest BCUT2D eigenvalue weighted by Gasteiger charge is -2.17. The Balaban J connectivity index is 2.49. The number of aliphatic hydroxyl groups is 1. The maximum Gasteiger partial charge on any atom is 0.343 e. The van der Waals surface area contributed by atoms with Gasteiger partial charge in [0.1, 0.15) is 11.3 Å². The number of rotatable bonds is 4. The molecule has 0 amide bonds. The molecular weight excluding hydrogens is 276 g/mol. The van der Waals surface area contributed by atoms with Crippen molar-refractivity contribution in [3.63, 3.8) is 0 Å². The van der Waals surface area contributed by atoms with Crippen molar-refractivity contribution in [1.82, 2.24) is 0 Å². The molecule has 1 aliphatic rings. The van der Waals surface area contributed by atoms with Crippen LogP contribution in [0.25, 0.3) is 0 Å². The molecule has 21 heavy (non-hydrogen) atoms.